The molecule has 23 heavy (non-hydrogen) atoms. The SMILES string of the molecule is CC(C)(C(=NO)c1ccccc1)[N+]([O-])=CC=Cc1ccccc1. The quantitative estimate of drug-likeness (QED) is 0.299. The van der Waals surface area contributed by atoms with Crippen molar-refractivity contribution in [3.63, 3.8) is 0 Å². The Hall–Kier alpha value is -2.88. The van der Waals surface area contributed by atoms with Crippen molar-refractivity contribution in [1.29, 1.82) is 0 Å². The van der Waals surface area contributed by atoms with Gasteiger partial charge in [0.05, 0.1) is 0 Å². The summed E-state index contributed by atoms with van der Waals surface area (Å²) in [7, 11) is 0. The molecule has 0 fully saturated rings. The first-order chi connectivity index (χ1) is 11.1. The first-order valence-electron chi connectivity index (χ1n) is 7.36. The molecule has 0 aromatic heterocycles. The average molecular weight is 308 g/mol. The molecular weight excluding hydrogens is 288 g/mol. The number of benzene rings is 2. The van der Waals surface area contributed by atoms with Crippen molar-refractivity contribution in [3.8, 4) is 0 Å². The van der Waals surface area contributed by atoms with Gasteiger partial charge in [0.15, 0.2) is 11.9 Å². The number of rotatable bonds is 5. The Kier molecular flexibility index (Phi) is 5.31. The highest BCUT2D eigenvalue weighted by molar-refractivity contribution is 6.05. The number of hydrogen-bond acceptors (Lipinski definition) is 3. The van der Waals surface area contributed by atoms with Crippen LogP contribution in [0.3, 0.4) is 0 Å². The lowest BCUT2D eigenvalue weighted by Crippen LogP contribution is -2.42. The summed E-state index contributed by atoms with van der Waals surface area (Å²) < 4.78 is 0.786. The van der Waals surface area contributed by atoms with Crippen molar-refractivity contribution in [2.45, 2.75) is 19.4 Å². The molecule has 0 bridgehead atoms. The van der Waals surface area contributed by atoms with Crippen LogP contribution in [0, 0.1) is 5.21 Å². The summed E-state index contributed by atoms with van der Waals surface area (Å²) in [6, 6.07) is 18.9. The van der Waals surface area contributed by atoms with Gasteiger partial charge in [0, 0.05) is 25.5 Å². The van der Waals surface area contributed by atoms with Gasteiger partial charge in [0.2, 0.25) is 5.54 Å². The summed E-state index contributed by atoms with van der Waals surface area (Å²) in [4.78, 5) is 0. The summed E-state index contributed by atoms with van der Waals surface area (Å²) in [5.41, 5.74) is 1.03. The maximum absolute atomic E-state index is 12.4. The van der Waals surface area contributed by atoms with E-state index in [-0.39, 0.29) is 0 Å². The second-order valence-electron chi connectivity index (χ2n) is 5.62. The van der Waals surface area contributed by atoms with E-state index in [4.69, 9.17) is 0 Å². The van der Waals surface area contributed by atoms with Crippen LogP contribution in [0.2, 0.25) is 0 Å². The highest BCUT2D eigenvalue weighted by atomic mass is 16.5. The lowest BCUT2D eigenvalue weighted by atomic mass is 9.92. The molecule has 0 radical (unpaired) electrons. The van der Waals surface area contributed by atoms with Crippen molar-refractivity contribution < 1.29 is 9.95 Å². The molecule has 2 aromatic rings. The minimum Gasteiger partial charge on any atom is -0.623 e. The molecule has 0 amide bonds. The number of hydroxylamine groups is 1. The molecule has 0 atom stereocenters. The fourth-order valence-electron chi connectivity index (χ4n) is 2.22. The molecular formula is C19H20N2O2. The van der Waals surface area contributed by atoms with Crippen molar-refractivity contribution >= 4 is 18.0 Å². The maximum atomic E-state index is 12.4. The van der Waals surface area contributed by atoms with Crippen molar-refractivity contribution in [2.24, 2.45) is 5.16 Å². The molecule has 4 heteroatoms. The zero-order valence-corrected chi connectivity index (χ0v) is 13.3. The minimum atomic E-state index is -1.00. The van der Waals surface area contributed by atoms with Crippen LogP contribution in [0.1, 0.15) is 25.0 Å². The second-order valence-corrected chi connectivity index (χ2v) is 5.62. The molecule has 0 aliphatic rings. The van der Waals surface area contributed by atoms with E-state index in [0.29, 0.717) is 11.3 Å². The molecule has 0 unspecified atom stereocenters. The lowest BCUT2D eigenvalue weighted by Gasteiger charge is -2.24. The molecule has 118 valence electrons. The van der Waals surface area contributed by atoms with E-state index < -0.39 is 5.54 Å². The smallest absolute Gasteiger partial charge is 0.213 e. The summed E-state index contributed by atoms with van der Waals surface area (Å²) >= 11 is 0. The third-order valence-electron chi connectivity index (χ3n) is 3.59. The van der Waals surface area contributed by atoms with Gasteiger partial charge in [-0.05, 0) is 11.6 Å². The molecule has 0 saturated carbocycles. The van der Waals surface area contributed by atoms with Crippen LogP contribution in [0.5, 0.6) is 0 Å². The van der Waals surface area contributed by atoms with Crippen LogP contribution < -0.4 is 0 Å². The predicted molar refractivity (Wildman–Crippen MR) is 94.0 cm³/mol. The van der Waals surface area contributed by atoms with Gasteiger partial charge in [-0.15, -0.1) is 0 Å². The van der Waals surface area contributed by atoms with E-state index in [1.165, 1.54) is 6.21 Å². The molecule has 0 saturated heterocycles. The molecule has 0 aliphatic heterocycles. The van der Waals surface area contributed by atoms with Crippen LogP contribution in [-0.4, -0.2) is 27.4 Å². The highest BCUT2D eigenvalue weighted by Crippen LogP contribution is 2.17. The average Bonchev–Trinajstić information content (AvgIpc) is 2.57. The molecule has 2 rings (SSSR count). The Morgan fingerprint density at radius 2 is 1.61 bits per heavy atom. The predicted octanol–water partition coefficient (Wildman–Crippen LogP) is 3.94. The van der Waals surface area contributed by atoms with Gasteiger partial charge in [-0.1, -0.05) is 65.8 Å². The molecule has 2 aromatic carbocycles. The van der Waals surface area contributed by atoms with Crippen LogP contribution in [0.25, 0.3) is 6.08 Å². The van der Waals surface area contributed by atoms with E-state index in [1.54, 1.807) is 19.9 Å². The van der Waals surface area contributed by atoms with Gasteiger partial charge in [-0.25, -0.2) is 4.74 Å². The van der Waals surface area contributed by atoms with E-state index in [0.717, 1.165) is 10.3 Å². The summed E-state index contributed by atoms with van der Waals surface area (Å²) in [6.45, 7) is 3.43. The van der Waals surface area contributed by atoms with Gasteiger partial charge < -0.3 is 10.4 Å². The van der Waals surface area contributed by atoms with E-state index in [2.05, 4.69) is 5.16 Å². The van der Waals surface area contributed by atoms with Crippen molar-refractivity contribution in [2.75, 3.05) is 0 Å². The first-order valence-corrected chi connectivity index (χ1v) is 7.36. The molecule has 1 N–H and O–H groups in total. The third kappa shape index (κ3) is 4.07. The Morgan fingerprint density at radius 3 is 2.17 bits per heavy atom. The number of hydrogen-bond donors (Lipinski definition) is 1. The zero-order chi connectivity index (χ0) is 16.7. The molecule has 0 aliphatic carbocycles. The van der Waals surface area contributed by atoms with Crippen molar-refractivity contribution in [3.05, 3.63) is 83.1 Å². The Bertz CT molecular complexity index is 718. The molecule has 4 nitrogen and oxygen atoms in total. The minimum absolute atomic E-state index is 0.317. The van der Waals surface area contributed by atoms with Crippen LogP contribution in [0.15, 0.2) is 71.9 Å². The Balaban J connectivity index is 2.23. The normalized spacial score (nSPS) is 13.5. The van der Waals surface area contributed by atoms with Gasteiger partial charge in [0.25, 0.3) is 0 Å². The highest BCUT2D eigenvalue weighted by Gasteiger charge is 2.35. The number of allylic oxidation sites excluding steroid dienone is 1. The van der Waals surface area contributed by atoms with Gasteiger partial charge in [-0.2, -0.15) is 0 Å². The third-order valence-corrected chi connectivity index (χ3v) is 3.59. The summed E-state index contributed by atoms with van der Waals surface area (Å²) in [5.74, 6) is 0. The van der Waals surface area contributed by atoms with E-state index in [9.17, 15) is 10.4 Å². The van der Waals surface area contributed by atoms with Crippen LogP contribution in [-0.2, 0) is 0 Å². The van der Waals surface area contributed by atoms with Crippen LogP contribution in [0.4, 0.5) is 0 Å². The van der Waals surface area contributed by atoms with E-state index >= 15 is 0 Å². The number of nitrogens with zero attached hydrogens (tertiary/aromatic N) is 2. The van der Waals surface area contributed by atoms with Gasteiger partial charge >= 0.3 is 0 Å². The monoisotopic (exact) mass is 308 g/mol. The van der Waals surface area contributed by atoms with Gasteiger partial charge in [-0.3, -0.25) is 0 Å². The first kappa shape index (κ1) is 16.5. The zero-order valence-electron chi connectivity index (χ0n) is 13.3. The van der Waals surface area contributed by atoms with Crippen molar-refractivity contribution in [1.82, 2.24) is 0 Å². The fourth-order valence-corrected chi connectivity index (χ4v) is 2.22. The lowest BCUT2D eigenvalue weighted by molar-refractivity contribution is -0.512. The largest absolute Gasteiger partial charge is 0.623 e. The Labute approximate surface area is 136 Å². The molecule has 0 heterocycles. The molecule has 0 spiro atoms. The number of oxime groups is 1. The fraction of sp³-hybridized carbons (Fsp3) is 0.158. The van der Waals surface area contributed by atoms with Crippen LogP contribution >= 0.6 is 0 Å². The second kappa shape index (κ2) is 7.40. The van der Waals surface area contributed by atoms with Gasteiger partial charge in [0.1, 0.15) is 0 Å². The standard InChI is InChI=1S/C19H20N2O2/c1-19(2,18(20-22)17-13-7-4-8-14-17)21(23)15-9-12-16-10-5-3-6-11-16/h3-15,22H,1-2H3. The summed E-state index contributed by atoms with van der Waals surface area (Å²) in [5, 5.41) is 25.2. The Morgan fingerprint density at radius 1 is 1.04 bits per heavy atom. The summed E-state index contributed by atoms with van der Waals surface area (Å²) in [6.07, 6.45) is 4.96. The topological polar surface area (TPSA) is 58.7 Å². The van der Waals surface area contributed by atoms with E-state index in [1.807, 2.05) is 66.7 Å². The maximum Gasteiger partial charge on any atom is 0.213 e.